The Kier molecular flexibility index (Phi) is 21.5. The number of aromatic hydroxyl groups is 3. The molecule has 7 aliphatic rings. The van der Waals surface area contributed by atoms with E-state index in [-0.39, 0.29) is 40.3 Å². The van der Waals surface area contributed by atoms with E-state index in [2.05, 4.69) is 31.9 Å². The molecule has 11 bridgehead atoms. The lowest BCUT2D eigenvalue weighted by Crippen LogP contribution is -2.64. The molecular formula is C64H71Cl2N9O24. The number of aliphatic hydroxyl groups is 6. The van der Waals surface area contributed by atoms with Crippen LogP contribution in [0, 0.1) is 0 Å². The zero-order chi connectivity index (χ0) is 72.0. The number of nitrogens with one attached hydrogen (secondary N) is 6. The molecule has 2 fully saturated rings. The minimum Gasteiger partial charge on any atom is -0.508 e. The van der Waals surface area contributed by atoms with E-state index in [0.717, 1.165) is 66.7 Å². The fourth-order valence-corrected chi connectivity index (χ4v) is 12.6. The number of carbonyl (C=O) groups is 8. The highest BCUT2D eigenvalue weighted by Crippen LogP contribution is 2.50. The number of carboxylic acid groups (broad SMARTS) is 1. The molecular weight excluding hydrogens is 1350 g/mol. The van der Waals surface area contributed by atoms with Crippen molar-refractivity contribution in [2.45, 2.75) is 156 Å². The Hall–Kier alpha value is -9.20. The number of primary amides is 1. The Morgan fingerprint density at radius 3 is 1.92 bits per heavy atom. The smallest absolute Gasteiger partial charge is 0.330 e. The Bertz CT molecular complexity index is 4020. The van der Waals surface area contributed by atoms with E-state index in [4.69, 9.17) is 68.8 Å². The van der Waals surface area contributed by atoms with E-state index in [1.165, 1.54) is 26.0 Å². The fraction of sp³-hybridized carbons (Fsp3) is 0.406. The molecule has 0 spiro atoms. The van der Waals surface area contributed by atoms with Gasteiger partial charge in [0.25, 0.3) is 0 Å². The summed E-state index contributed by atoms with van der Waals surface area (Å²) in [6.07, 6.45) is -18.3. The summed E-state index contributed by atoms with van der Waals surface area (Å²) in [4.78, 5) is 116. The van der Waals surface area contributed by atoms with E-state index in [0.29, 0.717) is 6.42 Å². The van der Waals surface area contributed by atoms with Crippen molar-refractivity contribution in [3.05, 3.63) is 117 Å². The van der Waals surface area contributed by atoms with Crippen molar-refractivity contribution >= 4 is 70.5 Å². The third kappa shape index (κ3) is 15.2. The molecule has 7 heterocycles. The number of carboxylic acids is 1. The van der Waals surface area contributed by atoms with Gasteiger partial charge in [-0.25, -0.2) is 4.79 Å². The number of benzene rings is 5. The lowest BCUT2D eigenvalue weighted by Gasteiger charge is -2.47. The first-order chi connectivity index (χ1) is 46.8. The molecule has 18 atom stereocenters. The lowest BCUT2D eigenvalue weighted by molar-refractivity contribution is -0.333. The summed E-state index contributed by atoms with van der Waals surface area (Å²) < 4.78 is 38.2. The van der Waals surface area contributed by atoms with Crippen LogP contribution < -0.4 is 63.3 Å². The van der Waals surface area contributed by atoms with E-state index in [1.807, 2.05) is 0 Å². The van der Waals surface area contributed by atoms with Crippen LogP contribution in [0.1, 0.15) is 105 Å². The summed E-state index contributed by atoms with van der Waals surface area (Å²) in [7, 11) is 0. The molecule has 35 heteroatoms. The third-order valence-electron chi connectivity index (χ3n) is 17.3. The number of nitrogens with two attached hydrogens (primary N) is 3. The SMILES string of the molecule is CCC[C@@H](N)C(=O)N[C@H]1C(=O)N[C@@H](CC(N)=O)C(=O)N[C@H]2C(=O)N[C@H]3C(=O)N[C@H](C(=O)NC(C(=O)O)c4cc(O)cc(O)c4-c4cc3ccc4O)[C@H](O)c3ccc(c(Cl)c3)Oc3cc2cc(c3O[C@@H]2O[C@H](CO)[C@@H](O)[C@H](O)[C@H]2O[C@H]2C[C@](C)(N)[C@H](O)[C@H](C)O2)Oc2ccc(cc2Cl)[C@H]1O. The summed E-state index contributed by atoms with van der Waals surface area (Å²) in [5, 5.41) is 127. The number of ether oxygens (including phenoxy) is 6. The van der Waals surface area contributed by atoms with Gasteiger partial charge in [-0.1, -0.05) is 54.7 Å². The summed E-state index contributed by atoms with van der Waals surface area (Å²) in [6, 6.07) is -1.14. The molecule has 1 unspecified atom stereocenters. The van der Waals surface area contributed by atoms with Gasteiger partial charge in [-0.3, -0.25) is 33.6 Å². The van der Waals surface area contributed by atoms with Gasteiger partial charge >= 0.3 is 5.97 Å². The molecule has 530 valence electrons. The predicted octanol–water partition coefficient (Wildman–Crippen LogP) is -0.400. The zero-order valence-electron chi connectivity index (χ0n) is 52.5. The summed E-state index contributed by atoms with van der Waals surface area (Å²) in [5.41, 5.74) is 14.0. The van der Waals surface area contributed by atoms with E-state index < -0.39 is 237 Å². The average Bonchev–Trinajstić information content (AvgIpc) is 0.776. The number of hydrogen-bond acceptors (Lipinski definition) is 25. The Labute approximate surface area is 571 Å². The minimum atomic E-state index is -2.35. The fourth-order valence-electron chi connectivity index (χ4n) is 12.1. The van der Waals surface area contributed by atoms with E-state index >= 15 is 14.4 Å². The number of hydrogen-bond donors (Lipinski definition) is 19. The van der Waals surface area contributed by atoms with Gasteiger partial charge in [0.05, 0.1) is 41.3 Å². The molecule has 7 amide bonds. The van der Waals surface area contributed by atoms with Crippen LogP contribution in [-0.4, -0.2) is 184 Å². The first kappa shape index (κ1) is 72.5. The summed E-state index contributed by atoms with van der Waals surface area (Å²) in [6.45, 7) is 3.73. The average molecular weight is 1420 g/mol. The minimum absolute atomic E-state index is 0.0880. The second-order valence-electron chi connectivity index (χ2n) is 24.6. The van der Waals surface area contributed by atoms with Crippen LogP contribution in [0.4, 0.5) is 0 Å². The van der Waals surface area contributed by atoms with Crippen LogP contribution in [0.25, 0.3) is 11.1 Å². The van der Waals surface area contributed by atoms with Crippen molar-refractivity contribution in [2.75, 3.05) is 6.61 Å². The lowest BCUT2D eigenvalue weighted by atomic mass is 9.86. The van der Waals surface area contributed by atoms with Crippen molar-refractivity contribution in [1.29, 1.82) is 0 Å². The van der Waals surface area contributed by atoms with Crippen LogP contribution >= 0.6 is 23.2 Å². The molecule has 7 aliphatic heterocycles. The maximum atomic E-state index is 16.0. The topological polar surface area (TPSA) is 544 Å². The molecule has 12 rings (SSSR count). The Balaban J connectivity index is 1.24. The van der Waals surface area contributed by atoms with Crippen molar-refractivity contribution in [1.82, 2.24) is 31.9 Å². The van der Waals surface area contributed by atoms with E-state index in [1.54, 1.807) is 6.92 Å². The van der Waals surface area contributed by atoms with Gasteiger partial charge in [-0.2, -0.15) is 0 Å². The van der Waals surface area contributed by atoms with Crippen LogP contribution in [0.3, 0.4) is 0 Å². The third-order valence-corrected chi connectivity index (χ3v) is 17.9. The predicted molar refractivity (Wildman–Crippen MR) is 340 cm³/mol. The van der Waals surface area contributed by atoms with Crippen molar-refractivity contribution in [3.8, 4) is 57.1 Å². The zero-order valence-corrected chi connectivity index (χ0v) is 54.0. The monoisotopic (exact) mass is 1420 g/mol. The van der Waals surface area contributed by atoms with Crippen LogP contribution in [-0.2, 0) is 52.6 Å². The number of carbonyl (C=O) groups excluding carboxylic acids is 7. The number of phenols is 3. The number of halogens is 2. The highest BCUT2D eigenvalue weighted by atomic mass is 35.5. The molecule has 0 saturated carbocycles. The van der Waals surface area contributed by atoms with Crippen LogP contribution in [0.15, 0.2) is 78.9 Å². The van der Waals surface area contributed by atoms with Gasteiger partial charge in [-0.15, -0.1) is 0 Å². The molecule has 2 saturated heterocycles. The van der Waals surface area contributed by atoms with Gasteiger partial charge in [0.1, 0.15) is 89.5 Å². The molecule has 0 aromatic heterocycles. The van der Waals surface area contributed by atoms with Gasteiger partial charge in [-0.05, 0) is 97.1 Å². The quantitative estimate of drug-likeness (QED) is 0.0755. The number of aliphatic hydroxyl groups excluding tert-OH is 6. The first-order valence-corrected chi connectivity index (χ1v) is 31.6. The second kappa shape index (κ2) is 29.3. The molecule has 99 heavy (non-hydrogen) atoms. The molecule has 5 aromatic carbocycles. The maximum absolute atomic E-state index is 16.0. The van der Waals surface area contributed by atoms with Gasteiger partial charge in [0.2, 0.25) is 53.4 Å². The molecule has 0 aliphatic carbocycles. The summed E-state index contributed by atoms with van der Waals surface area (Å²) in [5.74, 6) is -16.2. The first-order valence-electron chi connectivity index (χ1n) is 30.8. The van der Waals surface area contributed by atoms with Crippen molar-refractivity contribution < 1.29 is 118 Å². The van der Waals surface area contributed by atoms with E-state index in [9.17, 15) is 75.0 Å². The van der Waals surface area contributed by atoms with Crippen LogP contribution in [0.5, 0.6) is 46.0 Å². The number of rotatable bonds is 12. The number of phenolic OH excluding ortho intramolecular Hbond substituents is 3. The normalized spacial score (nSPS) is 29.7. The number of amides is 7. The largest absolute Gasteiger partial charge is 0.508 e. The van der Waals surface area contributed by atoms with Gasteiger partial charge in [0.15, 0.2) is 29.9 Å². The van der Waals surface area contributed by atoms with Crippen molar-refractivity contribution in [3.63, 3.8) is 0 Å². The highest BCUT2D eigenvalue weighted by Gasteiger charge is 2.51. The highest BCUT2D eigenvalue weighted by molar-refractivity contribution is 6.32. The standard InChI is InChI=1S/C64H71Cl2N9O24/c1-4-5-32(67)56(86)74-47-49(81)24-7-10-36(30(65)13-24)95-38-15-26-16-39(53(38)99-63-54(52(84)51(83)40(21-76)97-63)98-42-20-64(3,69)55(85)22(2)94-42)96-37-11-8-25(14-31(37)66)50(82)48-61(91)73-46(62(92)93)29-17-27(77)18-35(79)43(29)28-12-23(6-9-34(28)78)44(58(88)75-48)72-59(89)45(26)71-57(87)33(19-41(68)80)70-60(47)90/h6-18,22,32-33,40,42,44-52,54-55,63,76-79,81-85H,4-5,19-21,67,69H2,1-3H3,(H2,68,80)(H,70,90)(H,71,87)(H,72,89)(H,73,91)(H,74,86)(H,75,88)(H,92,93)/t22-,32+,33-,40+,42-,44+,45+,46?,47+,48-,49+,50+,51+,52-,54+,55+,63-,64-/m0/s1. The molecule has 22 N–H and O–H groups in total. The second-order valence-corrected chi connectivity index (χ2v) is 25.5. The van der Waals surface area contributed by atoms with Crippen LogP contribution in [0.2, 0.25) is 10.0 Å². The Morgan fingerprint density at radius 2 is 1.32 bits per heavy atom. The number of aliphatic carboxylic acids is 1. The number of fused-ring (bicyclic) bond motifs is 15. The summed E-state index contributed by atoms with van der Waals surface area (Å²) >= 11 is 14.0. The molecule has 33 nitrogen and oxygen atoms in total. The molecule has 5 aromatic rings. The van der Waals surface area contributed by atoms with Gasteiger partial charge < -0.3 is 129 Å². The molecule has 0 radical (unpaired) electrons. The van der Waals surface area contributed by atoms with Crippen molar-refractivity contribution in [2.24, 2.45) is 17.2 Å². The van der Waals surface area contributed by atoms with Gasteiger partial charge in [0, 0.05) is 34.7 Å². The maximum Gasteiger partial charge on any atom is 0.330 e. The Morgan fingerprint density at radius 1 is 0.717 bits per heavy atom.